The predicted octanol–water partition coefficient (Wildman–Crippen LogP) is 1.11. The molecule has 2 nitrogen and oxygen atoms in total. The molecule has 0 amide bonds. The van der Waals surface area contributed by atoms with Crippen molar-refractivity contribution in [3.63, 3.8) is 0 Å². The Hall–Kier alpha value is -0.0800. The molecule has 3 N–H and O–H groups in total. The smallest absolute Gasteiger partial charge is 0.00466 e. The molecule has 0 aromatic carbocycles. The molecular weight excluding hydrogens is 136 g/mol. The van der Waals surface area contributed by atoms with Gasteiger partial charge in [0.05, 0.1) is 0 Å². The lowest BCUT2D eigenvalue weighted by Crippen LogP contribution is -2.34. The van der Waals surface area contributed by atoms with Crippen LogP contribution in [0.5, 0.6) is 0 Å². The van der Waals surface area contributed by atoms with E-state index in [1.165, 1.54) is 32.1 Å². The molecule has 0 aliphatic heterocycles. The summed E-state index contributed by atoms with van der Waals surface area (Å²) in [6.07, 6.45) is 6.79. The van der Waals surface area contributed by atoms with E-state index in [9.17, 15) is 0 Å². The lowest BCUT2D eigenvalue weighted by molar-refractivity contribution is 0.110. The molecule has 0 atom stereocenters. The quantitative estimate of drug-likeness (QED) is 0.626. The minimum atomic E-state index is 0.637. The summed E-state index contributed by atoms with van der Waals surface area (Å²) in [5.74, 6) is 0. The highest BCUT2D eigenvalue weighted by Gasteiger charge is 2.34. The van der Waals surface area contributed by atoms with Gasteiger partial charge in [-0.1, -0.05) is 6.42 Å². The maximum absolute atomic E-state index is 5.58. The highest BCUT2D eigenvalue weighted by molar-refractivity contribution is 4.88. The Labute approximate surface area is 69.5 Å². The minimum Gasteiger partial charge on any atom is -0.330 e. The highest BCUT2D eigenvalue weighted by Crippen LogP contribution is 2.46. The van der Waals surface area contributed by atoms with Gasteiger partial charge in [0.15, 0.2) is 0 Å². The third-order valence-corrected chi connectivity index (χ3v) is 2.99. The van der Waals surface area contributed by atoms with Crippen LogP contribution in [0.2, 0.25) is 0 Å². The predicted molar refractivity (Wildman–Crippen MR) is 48.5 cm³/mol. The monoisotopic (exact) mass is 156 g/mol. The zero-order valence-corrected chi connectivity index (χ0v) is 7.53. The molecule has 11 heavy (non-hydrogen) atoms. The Morgan fingerprint density at radius 2 is 2.09 bits per heavy atom. The fourth-order valence-electron chi connectivity index (χ4n) is 2.00. The van der Waals surface area contributed by atoms with Gasteiger partial charge in [0, 0.05) is 0 Å². The van der Waals surface area contributed by atoms with E-state index in [1.807, 2.05) is 7.05 Å². The molecule has 0 aromatic heterocycles. The van der Waals surface area contributed by atoms with Crippen LogP contribution in [0, 0.1) is 5.41 Å². The summed E-state index contributed by atoms with van der Waals surface area (Å²) >= 11 is 0. The van der Waals surface area contributed by atoms with Crippen molar-refractivity contribution >= 4 is 0 Å². The minimum absolute atomic E-state index is 0.637. The lowest BCUT2D eigenvalue weighted by Gasteiger charge is -2.42. The summed E-state index contributed by atoms with van der Waals surface area (Å²) in [4.78, 5) is 0. The molecule has 0 radical (unpaired) electrons. The summed E-state index contributed by atoms with van der Waals surface area (Å²) in [5, 5.41) is 3.21. The van der Waals surface area contributed by atoms with Gasteiger partial charge in [-0.3, -0.25) is 0 Å². The summed E-state index contributed by atoms with van der Waals surface area (Å²) in [5.41, 5.74) is 6.21. The molecule has 1 fully saturated rings. The molecule has 2 heteroatoms. The summed E-state index contributed by atoms with van der Waals surface area (Å²) in [6.45, 7) is 2.02. The first-order valence-electron chi connectivity index (χ1n) is 4.68. The highest BCUT2D eigenvalue weighted by atomic mass is 14.8. The van der Waals surface area contributed by atoms with Crippen LogP contribution in [0.15, 0.2) is 0 Å². The number of nitrogens with one attached hydrogen (secondary N) is 1. The molecule has 1 rings (SSSR count). The molecule has 1 aliphatic rings. The average molecular weight is 156 g/mol. The van der Waals surface area contributed by atoms with Gasteiger partial charge in [-0.05, 0) is 51.2 Å². The van der Waals surface area contributed by atoms with E-state index in [0.717, 1.165) is 13.1 Å². The Morgan fingerprint density at radius 1 is 1.36 bits per heavy atom. The third-order valence-electron chi connectivity index (χ3n) is 2.99. The third kappa shape index (κ3) is 2.17. The summed E-state index contributed by atoms with van der Waals surface area (Å²) in [6, 6.07) is 0. The Kier molecular flexibility index (Phi) is 3.34. The molecular formula is C9H20N2. The van der Waals surface area contributed by atoms with Crippen molar-refractivity contribution in [3.8, 4) is 0 Å². The van der Waals surface area contributed by atoms with E-state index < -0.39 is 0 Å². The van der Waals surface area contributed by atoms with Crippen LogP contribution >= 0.6 is 0 Å². The van der Waals surface area contributed by atoms with Crippen molar-refractivity contribution in [2.24, 2.45) is 11.1 Å². The van der Waals surface area contributed by atoms with Gasteiger partial charge in [0.1, 0.15) is 0 Å². The Morgan fingerprint density at radius 3 is 2.45 bits per heavy atom. The number of hydrogen-bond acceptors (Lipinski definition) is 2. The zero-order valence-electron chi connectivity index (χ0n) is 7.53. The second-order valence-electron chi connectivity index (χ2n) is 3.75. The first kappa shape index (κ1) is 9.01. The van der Waals surface area contributed by atoms with Crippen molar-refractivity contribution in [1.82, 2.24) is 5.32 Å². The number of nitrogens with two attached hydrogens (primary N) is 1. The summed E-state index contributed by atoms with van der Waals surface area (Å²) < 4.78 is 0. The van der Waals surface area contributed by atoms with E-state index >= 15 is 0 Å². The van der Waals surface area contributed by atoms with Gasteiger partial charge in [0.25, 0.3) is 0 Å². The van der Waals surface area contributed by atoms with E-state index in [0.29, 0.717) is 5.41 Å². The fourth-order valence-corrected chi connectivity index (χ4v) is 2.00. The lowest BCUT2D eigenvalue weighted by atomic mass is 9.64. The maximum Gasteiger partial charge on any atom is -0.00466 e. The van der Waals surface area contributed by atoms with Gasteiger partial charge in [-0.2, -0.15) is 0 Å². The fraction of sp³-hybridized carbons (Fsp3) is 1.00. The van der Waals surface area contributed by atoms with Crippen molar-refractivity contribution in [2.75, 3.05) is 20.1 Å². The largest absolute Gasteiger partial charge is 0.330 e. The first-order chi connectivity index (χ1) is 5.33. The van der Waals surface area contributed by atoms with Crippen LogP contribution in [0.4, 0.5) is 0 Å². The SMILES string of the molecule is CNCCC1(CCN)CCC1. The van der Waals surface area contributed by atoms with Gasteiger partial charge in [-0.25, -0.2) is 0 Å². The zero-order chi connectivity index (χ0) is 8.16. The average Bonchev–Trinajstić information content (AvgIpc) is 1.95. The van der Waals surface area contributed by atoms with E-state index in [4.69, 9.17) is 5.73 Å². The van der Waals surface area contributed by atoms with Gasteiger partial charge < -0.3 is 11.1 Å². The first-order valence-corrected chi connectivity index (χ1v) is 4.68. The van der Waals surface area contributed by atoms with Crippen LogP contribution in [-0.2, 0) is 0 Å². The molecule has 66 valence electrons. The number of hydrogen-bond donors (Lipinski definition) is 2. The van der Waals surface area contributed by atoms with Crippen LogP contribution < -0.4 is 11.1 Å². The van der Waals surface area contributed by atoms with Gasteiger partial charge in [0.2, 0.25) is 0 Å². The van der Waals surface area contributed by atoms with Crippen LogP contribution in [0.3, 0.4) is 0 Å². The van der Waals surface area contributed by atoms with Gasteiger partial charge in [-0.15, -0.1) is 0 Å². The topological polar surface area (TPSA) is 38.0 Å². The van der Waals surface area contributed by atoms with Crippen molar-refractivity contribution in [1.29, 1.82) is 0 Å². The second-order valence-corrected chi connectivity index (χ2v) is 3.75. The van der Waals surface area contributed by atoms with Crippen molar-refractivity contribution in [2.45, 2.75) is 32.1 Å². The van der Waals surface area contributed by atoms with Crippen LogP contribution in [0.1, 0.15) is 32.1 Å². The second kappa shape index (κ2) is 4.07. The van der Waals surface area contributed by atoms with E-state index in [-0.39, 0.29) is 0 Å². The Bertz CT molecular complexity index is 108. The molecule has 1 saturated carbocycles. The normalized spacial score (nSPS) is 21.3. The molecule has 0 spiro atoms. The van der Waals surface area contributed by atoms with Gasteiger partial charge >= 0.3 is 0 Å². The van der Waals surface area contributed by atoms with Crippen LogP contribution in [-0.4, -0.2) is 20.1 Å². The van der Waals surface area contributed by atoms with Crippen molar-refractivity contribution in [3.05, 3.63) is 0 Å². The molecule has 0 unspecified atom stereocenters. The van der Waals surface area contributed by atoms with E-state index in [2.05, 4.69) is 5.32 Å². The van der Waals surface area contributed by atoms with Crippen LogP contribution in [0.25, 0.3) is 0 Å². The maximum atomic E-state index is 5.58. The number of rotatable bonds is 5. The van der Waals surface area contributed by atoms with Crippen molar-refractivity contribution < 1.29 is 0 Å². The molecule has 1 aliphatic carbocycles. The standard InChI is InChI=1S/C9H20N2/c1-11-8-6-9(5-7-10)3-2-4-9/h11H,2-8,10H2,1H3. The summed E-state index contributed by atoms with van der Waals surface area (Å²) in [7, 11) is 2.02. The molecule has 0 aromatic rings. The van der Waals surface area contributed by atoms with E-state index in [1.54, 1.807) is 0 Å². The molecule has 0 bridgehead atoms. The molecule has 0 heterocycles. The molecule has 0 saturated heterocycles. The Balaban J connectivity index is 2.22.